The molecule has 0 radical (unpaired) electrons. The van der Waals surface area contributed by atoms with Crippen molar-refractivity contribution in [3.05, 3.63) is 77.5 Å². The monoisotopic (exact) mass is 437 g/mol. The Labute approximate surface area is 192 Å². The highest BCUT2D eigenvalue weighted by atomic mass is 15.0. The number of aromatic amines is 1. The van der Waals surface area contributed by atoms with E-state index >= 15 is 0 Å². The molecule has 1 aliphatic carbocycles. The van der Waals surface area contributed by atoms with Gasteiger partial charge in [0.05, 0.1) is 24.0 Å². The Morgan fingerprint density at radius 3 is 2.61 bits per heavy atom. The molecule has 33 heavy (non-hydrogen) atoms. The summed E-state index contributed by atoms with van der Waals surface area (Å²) in [6.07, 6.45) is 9.50. The molecule has 5 N–H and O–H groups in total. The van der Waals surface area contributed by atoms with Crippen molar-refractivity contribution in [2.75, 3.05) is 5.73 Å². The lowest BCUT2D eigenvalue weighted by atomic mass is 9.84. The van der Waals surface area contributed by atoms with Gasteiger partial charge in [-0.05, 0) is 49.3 Å². The normalized spacial score (nSPS) is 13.0. The molecule has 4 aromatic rings. The molecular formula is C26H27N7. The lowest BCUT2D eigenvalue weighted by Gasteiger charge is -2.23. The molecule has 166 valence electrons. The molecule has 3 heterocycles. The van der Waals surface area contributed by atoms with E-state index in [4.69, 9.17) is 16.1 Å². The van der Waals surface area contributed by atoms with Crippen LogP contribution < -0.4 is 11.1 Å². The highest BCUT2D eigenvalue weighted by molar-refractivity contribution is 6.12. The molecule has 0 aliphatic heterocycles. The van der Waals surface area contributed by atoms with E-state index in [-0.39, 0.29) is 0 Å². The van der Waals surface area contributed by atoms with Crippen LogP contribution >= 0.6 is 0 Å². The number of pyridine rings is 2. The highest BCUT2D eigenvalue weighted by Gasteiger charge is 2.23. The van der Waals surface area contributed by atoms with Crippen LogP contribution in [0.2, 0.25) is 0 Å². The first-order valence-electron chi connectivity index (χ1n) is 11.2. The lowest BCUT2D eigenvalue weighted by Crippen LogP contribution is -2.12. The van der Waals surface area contributed by atoms with E-state index < -0.39 is 0 Å². The zero-order valence-corrected chi connectivity index (χ0v) is 18.7. The maximum absolute atomic E-state index is 8.27. The summed E-state index contributed by atoms with van der Waals surface area (Å²) in [4.78, 5) is 16.7. The van der Waals surface area contributed by atoms with Gasteiger partial charge in [0.1, 0.15) is 11.6 Å². The largest absolute Gasteiger partial charge is 0.383 e. The summed E-state index contributed by atoms with van der Waals surface area (Å²) in [7, 11) is 0. The first-order chi connectivity index (χ1) is 16.0. The number of H-pyrrole nitrogens is 1. The number of aromatic nitrogens is 4. The zero-order valence-electron chi connectivity index (χ0n) is 18.7. The number of rotatable bonds is 6. The molecule has 0 saturated carbocycles. The van der Waals surface area contributed by atoms with Crippen LogP contribution in [0.1, 0.15) is 47.8 Å². The number of nitrogens with two attached hydrogens (primary N) is 1. The SMILES string of the molecule is C=C(NCc1ncc[nH]1)c1ccc(-c2nc3cnc(N)c(C(C)=N)c3c3c2CCCC3)cc1. The predicted molar refractivity (Wildman–Crippen MR) is 133 cm³/mol. The standard InChI is InChI=1S/C26H27N7/c1-15(27)23-24-19-5-3-4-6-20(19)25(33-21(24)13-32-26(23)28)18-9-7-17(8-10-18)16(2)31-14-22-29-11-12-30-22/h7-13,27,31H,2-6,14H2,1H3,(H2,28,32)(H,29,30). The third kappa shape index (κ3) is 3.86. The quantitative estimate of drug-likeness (QED) is 0.328. The number of aryl methyl sites for hydroxylation is 1. The summed E-state index contributed by atoms with van der Waals surface area (Å²) < 4.78 is 0. The van der Waals surface area contributed by atoms with Gasteiger partial charge in [-0.25, -0.2) is 15.0 Å². The van der Waals surface area contributed by atoms with Crippen molar-refractivity contribution >= 4 is 28.1 Å². The van der Waals surface area contributed by atoms with Crippen molar-refractivity contribution < 1.29 is 0 Å². The Hall–Kier alpha value is -4.00. The van der Waals surface area contributed by atoms with Crippen LogP contribution in [0.4, 0.5) is 5.82 Å². The molecule has 7 nitrogen and oxygen atoms in total. The number of nitrogens with zero attached hydrogens (tertiary/aromatic N) is 3. The molecule has 3 aromatic heterocycles. The van der Waals surface area contributed by atoms with Crippen LogP contribution in [0.3, 0.4) is 0 Å². The van der Waals surface area contributed by atoms with Crippen molar-refractivity contribution in [3.63, 3.8) is 0 Å². The molecule has 0 bridgehead atoms. The fourth-order valence-electron chi connectivity index (χ4n) is 4.67. The number of fused-ring (bicyclic) bond motifs is 3. The summed E-state index contributed by atoms with van der Waals surface area (Å²) >= 11 is 0. The van der Waals surface area contributed by atoms with Crippen molar-refractivity contribution in [1.29, 1.82) is 5.41 Å². The molecule has 5 rings (SSSR count). The first-order valence-corrected chi connectivity index (χ1v) is 11.2. The van der Waals surface area contributed by atoms with Gasteiger partial charge in [-0.1, -0.05) is 30.8 Å². The smallest absolute Gasteiger partial charge is 0.133 e. The predicted octanol–water partition coefficient (Wildman–Crippen LogP) is 4.63. The van der Waals surface area contributed by atoms with Gasteiger partial charge < -0.3 is 21.4 Å². The topological polar surface area (TPSA) is 116 Å². The third-order valence-electron chi connectivity index (χ3n) is 6.28. The number of nitrogen functional groups attached to an aromatic ring is 1. The second-order valence-electron chi connectivity index (χ2n) is 8.47. The number of hydrogen-bond donors (Lipinski definition) is 4. The number of hydrogen-bond acceptors (Lipinski definition) is 6. The summed E-state index contributed by atoms with van der Waals surface area (Å²) in [5, 5.41) is 12.6. The van der Waals surface area contributed by atoms with Crippen LogP contribution in [-0.2, 0) is 19.4 Å². The van der Waals surface area contributed by atoms with Gasteiger partial charge in [0.15, 0.2) is 0 Å². The van der Waals surface area contributed by atoms with E-state index in [1.54, 1.807) is 19.3 Å². The zero-order chi connectivity index (χ0) is 22.9. The molecule has 1 aliphatic rings. The molecule has 0 spiro atoms. The minimum Gasteiger partial charge on any atom is -0.383 e. The number of anilines is 1. The van der Waals surface area contributed by atoms with Gasteiger partial charge in [0.25, 0.3) is 0 Å². The van der Waals surface area contributed by atoms with E-state index in [2.05, 4.69) is 51.1 Å². The molecule has 0 fully saturated rings. The summed E-state index contributed by atoms with van der Waals surface area (Å²) in [6.45, 7) is 6.52. The Morgan fingerprint density at radius 1 is 1.15 bits per heavy atom. The first kappa shape index (κ1) is 20.9. The van der Waals surface area contributed by atoms with Gasteiger partial charge in [-0.3, -0.25) is 0 Å². The summed E-state index contributed by atoms with van der Waals surface area (Å²) in [5.74, 6) is 1.27. The van der Waals surface area contributed by atoms with Gasteiger partial charge >= 0.3 is 0 Å². The maximum Gasteiger partial charge on any atom is 0.133 e. The van der Waals surface area contributed by atoms with Gasteiger partial charge in [0, 0.05) is 40.3 Å². The van der Waals surface area contributed by atoms with E-state index in [0.717, 1.165) is 70.5 Å². The van der Waals surface area contributed by atoms with Crippen LogP contribution in [0, 0.1) is 5.41 Å². The summed E-state index contributed by atoms with van der Waals surface area (Å²) in [5.41, 5.74) is 14.6. The lowest BCUT2D eigenvalue weighted by molar-refractivity contribution is 0.689. The van der Waals surface area contributed by atoms with Crippen molar-refractivity contribution in [1.82, 2.24) is 25.3 Å². The number of benzene rings is 1. The molecule has 0 amide bonds. The van der Waals surface area contributed by atoms with E-state index in [0.29, 0.717) is 18.1 Å². The van der Waals surface area contributed by atoms with Crippen LogP contribution in [0.5, 0.6) is 0 Å². The molecule has 0 saturated heterocycles. The Morgan fingerprint density at radius 2 is 1.91 bits per heavy atom. The third-order valence-corrected chi connectivity index (χ3v) is 6.28. The van der Waals surface area contributed by atoms with E-state index in [9.17, 15) is 0 Å². The van der Waals surface area contributed by atoms with Gasteiger partial charge in [0.2, 0.25) is 0 Å². The number of imidazole rings is 1. The minimum absolute atomic E-state index is 0.405. The molecule has 0 unspecified atom stereocenters. The summed E-state index contributed by atoms with van der Waals surface area (Å²) in [6, 6.07) is 8.35. The maximum atomic E-state index is 8.27. The van der Waals surface area contributed by atoms with Crippen LogP contribution in [0.25, 0.3) is 27.9 Å². The van der Waals surface area contributed by atoms with Crippen LogP contribution in [-0.4, -0.2) is 25.6 Å². The Kier molecular flexibility index (Phi) is 5.38. The second kappa shape index (κ2) is 8.50. The molecule has 7 heteroatoms. The Balaban J connectivity index is 1.53. The van der Waals surface area contributed by atoms with Gasteiger partial charge in [-0.2, -0.15) is 0 Å². The highest BCUT2D eigenvalue weighted by Crippen LogP contribution is 2.37. The number of nitrogens with one attached hydrogen (secondary N) is 3. The fourth-order valence-corrected chi connectivity index (χ4v) is 4.67. The van der Waals surface area contributed by atoms with Crippen molar-refractivity contribution in [3.8, 4) is 11.3 Å². The molecular weight excluding hydrogens is 410 g/mol. The molecule has 0 atom stereocenters. The average molecular weight is 438 g/mol. The van der Waals surface area contributed by atoms with Crippen LogP contribution in [0.15, 0.2) is 49.4 Å². The van der Waals surface area contributed by atoms with Crippen molar-refractivity contribution in [2.24, 2.45) is 0 Å². The average Bonchev–Trinajstić information content (AvgIpc) is 3.36. The minimum atomic E-state index is 0.405. The molecule has 1 aromatic carbocycles. The van der Waals surface area contributed by atoms with Crippen molar-refractivity contribution in [2.45, 2.75) is 39.2 Å². The van der Waals surface area contributed by atoms with Gasteiger partial charge in [-0.15, -0.1) is 0 Å². The Bertz CT molecular complexity index is 1350. The second-order valence-corrected chi connectivity index (χ2v) is 8.47. The van der Waals surface area contributed by atoms with E-state index in [1.165, 1.54) is 11.1 Å². The fraction of sp³-hybridized carbons (Fsp3) is 0.231. The van der Waals surface area contributed by atoms with E-state index in [1.807, 2.05) is 6.20 Å².